The van der Waals surface area contributed by atoms with Crippen LogP contribution in [0.2, 0.25) is 0 Å². The molecule has 5 heteroatoms. The third-order valence-electron chi connectivity index (χ3n) is 3.50. The average Bonchev–Trinajstić information content (AvgIpc) is 2.94. The number of ether oxygens (including phenoxy) is 1. The van der Waals surface area contributed by atoms with E-state index in [0.29, 0.717) is 24.3 Å². The van der Waals surface area contributed by atoms with Crippen LogP contribution in [0.3, 0.4) is 0 Å². The van der Waals surface area contributed by atoms with E-state index in [1.807, 2.05) is 19.1 Å². The molecule has 1 fully saturated rings. The van der Waals surface area contributed by atoms with Crippen molar-refractivity contribution < 1.29 is 4.74 Å². The minimum absolute atomic E-state index is 0.453. The Labute approximate surface area is 106 Å². The zero-order chi connectivity index (χ0) is 12.5. The second-order valence-electron chi connectivity index (χ2n) is 4.82. The van der Waals surface area contributed by atoms with Gasteiger partial charge in [0.2, 0.25) is 5.88 Å². The maximum Gasteiger partial charge on any atom is 0.215 e. The zero-order valence-corrected chi connectivity index (χ0v) is 10.7. The van der Waals surface area contributed by atoms with E-state index < -0.39 is 0 Å². The van der Waals surface area contributed by atoms with E-state index in [4.69, 9.17) is 4.74 Å². The molecule has 2 aromatic rings. The summed E-state index contributed by atoms with van der Waals surface area (Å²) in [5, 5.41) is 3.39. The van der Waals surface area contributed by atoms with Crippen LogP contribution in [0.15, 0.2) is 12.1 Å². The Morgan fingerprint density at radius 1 is 1.33 bits per heavy atom. The van der Waals surface area contributed by atoms with Crippen LogP contribution in [0.4, 0.5) is 0 Å². The number of rotatable bonds is 3. The highest BCUT2D eigenvalue weighted by Gasteiger charge is 2.27. The molecular weight excluding hydrogens is 228 g/mol. The van der Waals surface area contributed by atoms with Gasteiger partial charge in [-0.15, -0.1) is 0 Å². The van der Waals surface area contributed by atoms with Crippen LogP contribution >= 0.6 is 0 Å². The van der Waals surface area contributed by atoms with Crippen molar-refractivity contribution in [1.82, 2.24) is 20.3 Å². The van der Waals surface area contributed by atoms with E-state index >= 15 is 0 Å². The number of aromatic amines is 1. The quantitative estimate of drug-likeness (QED) is 0.865. The number of hydrogen-bond acceptors (Lipinski definition) is 4. The minimum Gasteiger partial charge on any atom is -0.478 e. The summed E-state index contributed by atoms with van der Waals surface area (Å²) in [6, 6.07) is 3.86. The van der Waals surface area contributed by atoms with Crippen molar-refractivity contribution in [2.45, 2.75) is 19.8 Å². The molecule has 2 aromatic heterocycles. The Morgan fingerprint density at radius 3 is 2.94 bits per heavy atom. The number of imidazole rings is 1. The maximum atomic E-state index is 5.39. The Morgan fingerprint density at radius 2 is 2.22 bits per heavy atom. The molecule has 0 aromatic carbocycles. The van der Waals surface area contributed by atoms with Crippen molar-refractivity contribution in [3.63, 3.8) is 0 Å². The highest BCUT2D eigenvalue weighted by atomic mass is 16.5. The summed E-state index contributed by atoms with van der Waals surface area (Å²) in [5.74, 6) is 2.73. The molecule has 96 valence electrons. The molecule has 1 aliphatic rings. The summed E-state index contributed by atoms with van der Waals surface area (Å²) in [5.41, 5.74) is 1.72. The maximum absolute atomic E-state index is 5.39. The van der Waals surface area contributed by atoms with Crippen molar-refractivity contribution in [1.29, 1.82) is 0 Å². The molecule has 18 heavy (non-hydrogen) atoms. The third kappa shape index (κ3) is 1.95. The van der Waals surface area contributed by atoms with E-state index in [9.17, 15) is 0 Å². The van der Waals surface area contributed by atoms with Gasteiger partial charge >= 0.3 is 0 Å². The SMILES string of the molecule is CCOc1ccc2[nH]c([C@@H]3CNC[C@H]3C)nc2n1. The summed E-state index contributed by atoms with van der Waals surface area (Å²) in [4.78, 5) is 12.4. The van der Waals surface area contributed by atoms with Crippen LogP contribution in [0.5, 0.6) is 5.88 Å². The fourth-order valence-electron chi connectivity index (χ4n) is 2.47. The molecular formula is C13H18N4O. The van der Waals surface area contributed by atoms with Crippen LogP contribution in [0.1, 0.15) is 25.6 Å². The van der Waals surface area contributed by atoms with Gasteiger partial charge < -0.3 is 15.0 Å². The van der Waals surface area contributed by atoms with Crippen LogP contribution in [-0.4, -0.2) is 34.6 Å². The van der Waals surface area contributed by atoms with E-state index in [0.717, 1.165) is 30.1 Å². The molecule has 2 N–H and O–H groups in total. The first-order chi connectivity index (χ1) is 8.78. The molecule has 3 rings (SSSR count). The lowest BCUT2D eigenvalue weighted by atomic mass is 9.98. The standard InChI is InChI=1S/C13H18N4O/c1-3-18-11-5-4-10-13(16-11)17-12(15-10)9-7-14-6-8(9)2/h4-5,8-9,14H,3,6-7H2,1-2H3,(H,15,16,17)/t8-,9-/m1/s1. The number of fused-ring (bicyclic) bond motifs is 1. The minimum atomic E-state index is 0.453. The highest BCUT2D eigenvalue weighted by Crippen LogP contribution is 2.27. The van der Waals surface area contributed by atoms with E-state index in [1.165, 1.54) is 0 Å². The van der Waals surface area contributed by atoms with E-state index in [1.54, 1.807) is 0 Å². The molecule has 0 radical (unpaired) electrons. The number of H-pyrrole nitrogens is 1. The summed E-state index contributed by atoms with van der Waals surface area (Å²) < 4.78 is 5.39. The molecule has 0 bridgehead atoms. The van der Waals surface area contributed by atoms with Crippen LogP contribution in [-0.2, 0) is 0 Å². The molecule has 0 aliphatic carbocycles. The predicted octanol–water partition coefficient (Wildman–Crippen LogP) is 1.68. The molecule has 0 spiro atoms. The smallest absolute Gasteiger partial charge is 0.215 e. The van der Waals surface area contributed by atoms with Gasteiger partial charge in [0.1, 0.15) is 5.82 Å². The second-order valence-corrected chi connectivity index (χ2v) is 4.82. The number of hydrogen-bond donors (Lipinski definition) is 2. The molecule has 2 atom stereocenters. The molecule has 1 saturated heterocycles. The van der Waals surface area contributed by atoms with Crippen molar-refractivity contribution in [2.24, 2.45) is 5.92 Å². The second kappa shape index (κ2) is 4.57. The van der Waals surface area contributed by atoms with E-state index in [-0.39, 0.29) is 0 Å². The fourth-order valence-corrected chi connectivity index (χ4v) is 2.47. The van der Waals surface area contributed by atoms with Gasteiger partial charge in [-0.3, -0.25) is 0 Å². The normalized spacial score (nSPS) is 23.7. The lowest BCUT2D eigenvalue weighted by Gasteiger charge is -2.09. The average molecular weight is 246 g/mol. The summed E-state index contributed by atoms with van der Waals surface area (Å²) in [6.45, 7) is 6.86. The molecule has 1 aliphatic heterocycles. The van der Waals surface area contributed by atoms with E-state index in [2.05, 4.69) is 27.2 Å². The number of nitrogens with one attached hydrogen (secondary N) is 2. The topological polar surface area (TPSA) is 62.8 Å². The molecule has 5 nitrogen and oxygen atoms in total. The van der Waals surface area contributed by atoms with Gasteiger partial charge in [-0.25, -0.2) is 4.98 Å². The van der Waals surface area contributed by atoms with Crippen molar-refractivity contribution >= 4 is 11.2 Å². The fraction of sp³-hybridized carbons (Fsp3) is 0.538. The van der Waals surface area contributed by atoms with Crippen molar-refractivity contribution in [2.75, 3.05) is 19.7 Å². The first kappa shape index (κ1) is 11.5. The Bertz CT molecular complexity index is 551. The monoisotopic (exact) mass is 246 g/mol. The first-order valence-corrected chi connectivity index (χ1v) is 6.48. The molecule has 0 unspecified atom stereocenters. The zero-order valence-electron chi connectivity index (χ0n) is 10.7. The molecule has 0 saturated carbocycles. The van der Waals surface area contributed by atoms with Gasteiger partial charge in [-0.1, -0.05) is 6.92 Å². The Hall–Kier alpha value is -1.62. The van der Waals surface area contributed by atoms with Crippen molar-refractivity contribution in [3.05, 3.63) is 18.0 Å². The molecule has 0 amide bonds. The van der Waals surface area contributed by atoms with Gasteiger partial charge in [-0.2, -0.15) is 4.98 Å². The van der Waals surface area contributed by atoms with Gasteiger partial charge in [-0.05, 0) is 25.5 Å². The van der Waals surface area contributed by atoms with Gasteiger partial charge in [0.25, 0.3) is 0 Å². The Kier molecular flexibility index (Phi) is 2.91. The van der Waals surface area contributed by atoms with Gasteiger partial charge in [0.05, 0.1) is 12.1 Å². The first-order valence-electron chi connectivity index (χ1n) is 6.48. The lowest BCUT2D eigenvalue weighted by Crippen LogP contribution is -2.09. The Balaban J connectivity index is 1.95. The third-order valence-corrected chi connectivity index (χ3v) is 3.50. The van der Waals surface area contributed by atoms with Crippen LogP contribution in [0, 0.1) is 5.92 Å². The lowest BCUT2D eigenvalue weighted by molar-refractivity contribution is 0.328. The molecule has 3 heterocycles. The predicted molar refractivity (Wildman–Crippen MR) is 69.8 cm³/mol. The van der Waals surface area contributed by atoms with Gasteiger partial charge in [0, 0.05) is 18.5 Å². The van der Waals surface area contributed by atoms with Crippen molar-refractivity contribution in [3.8, 4) is 5.88 Å². The van der Waals surface area contributed by atoms with Gasteiger partial charge in [0.15, 0.2) is 5.65 Å². The summed E-state index contributed by atoms with van der Waals surface area (Å²) >= 11 is 0. The summed E-state index contributed by atoms with van der Waals surface area (Å²) in [6.07, 6.45) is 0. The van der Waals surface area contributed by atoms with Crippen LogP contribution in [0.25, 0.3) is 11.2 Å². The number of pyridine rings is 1. The summed E-state index contributed by atoms with van der Waals surface area (Å²) in [7, 11) is 0. The number of aromatic nitrogens is 3. The number of nitrogens with zero attached hydrogens (tertiary/aromatic N) is 2. The van der Waals surface area contributed by atoms with Crippen LogP contribution < -0.4 is 10.1 Å². The largest absolute Gasteiger partial charge is 0.478 e. The highest BCUT2D eigenvalue weighted by molar-refractivity contribution is 5.71.